The molecule has 0 spiro atoms. The van der Waals surface area contributed by atoms with Crippen LogP contribution in [-0.2, 0) is 10.2 Å². The molecule has 0 radical (unpaired) electrons. The summed E-state index contributed by atoms with van der Waals surface area (Å²) in [7, 11) is 0. The van der Waals surface area contributed by atoms with Gasteiger partial charge in [0, 0.05) is 0 Å². The van der Waals surface area contributed by atoms with Gasteiger partial charge in [-0.15, -0.1) is 0 Å². The van der Waals surface area contributed by atoms with E-state index in [9.17, 15) is 9.18 Å². The van der Waals surface area contributed by atoms with Crippen LogP contribution in [0.25, 0.3) is 0 Å². The number of amides is 1. The zero-order valence-corrected chi connectivity index (χ0v) is 13.9. The predicted molar refractivity (Wildman–Crippen MR) is 93.2 cm³/mol. The fraction of sp³-hybridized carbons (Fsp3) is 0.350. The van der Waals surface area contributed by atoms with E-state index in [0.29, 0.717) is 0 Å². The second-order valence-electron chi connectivity index (χ2n) is 6.44. The zero-order valence-electron chi connectivity index (χ0n) is 13.9. The fourth-order valence-electron chi connectivity index (χ4n) is 3.43. The molecule has 1 atom stereocenters. The lowest BCUT2D eigenvalue weighted by Crippen LogP contribution is -2.51. The SMILES string of the molecule is C[C@H](NC(=O)C1(c2ccccc2)CCNCC1)c1ccc(F)cc1. The summed E-state index contributed by atoms with van der Waals surface area (Å²) in [6.45, 7) is 3.59. The number of halogens is 1. The third-order valence-electron chi connectivity index (χ3n) is 4.94. The summed E-state index contributed by atoms with van der Waals surface area (Å²) in [4.78, 5) is 13.2. The van der Waals surface area contributed by atoms with E-state index in [4.69, 9.17) is 0 Å². The molecular formula is C20H23FN2O. The van der Waals surface area contributed by atoms with Gasteiger partial charge in [0.2, 0.25) is 5.91 Å². The normalized spacial score (nSPS) is 17.9. The molecule has 0 unspecified atom stereocenters. The van der Waals surface area contributed by atoms with Gasteiger partial charge in [-0.1, -0.05) is 42.5 Å². The molecule has 0 aliphatic carbocycles. The highest BCUT2D eigenvalue weighted by Crippen LogP contribution is 2.34. The van der Waals surface area contributed by atoms with E-state index >= 15 is 0 Å². The van der Waals surface area contributed by atoms with Crippen LogP contribution in [0.5, 0.6) is 0 Å². The molecule has 24 heavy (non-hydrogen) atoms. The van der Waals surface area contributed by atoms with Gasteiger partial charge in [-0.2, -0.15) is 0 Å². The Morgan fingerprint density at radius 1 is 1.08 bits per heavy atom. The van der Waals surface area contributed by atoms with E-state index in [2.05, 4.69) is 10.6 Å². The minimum atomic E-state index is -0.499. The highest BCUT2D eigenvalue weighted by Gasteiger charge is 2.41. The molecule has 126 valence electrons. The lowest BCUT2D eigenvalue weighted by atomic mass is 9.72. The average Bonchev–Trinajstić information content (AvgIpc) is 2.63. The number of nitrogens with one attached hydrogen (secondary N) is 2. The van der Waals surface area contributed by atoms with E-state index in [-0.39, 0.29) is 17.8 Å². The van der Waals surface area contributed by atoms with E-state index < -0.39 is 5.41 Å². The van der Waals surface area contributed by atoms with Gasteiger partial charge in [-0.05, 0) is 56.1 Å². The number of benzene rings is 2. The summed E-state index contributed by atoms with van der Waals surface area (Å²) in [5, 5.41) is 6.47. The molecule has 0 bridgehead atoms. The molecule has 4 heteroatoms. The molecule has 2 aromatic rings. The summed E-state index contributed by atoms with van der Waals surface area (Å²) in [6.07, 6.45) is 1.55. The van der Waals surface area contributed by atoms with Gasteiger partial charge in [-0.3, -0.25) is 4.79 Å². The van der Waals surface area contributed by atoms with E-state index in [1.54, 1.807) is 12.1 Å². The second kappa shape index (κ2) is 7.14. The molecule has 1 aliphatic rings. The van der Waals surface area contributed by atoms with Crippen molar-refractivity contribution in [1.82, 2.24) is 10.6 Å². The predicted octanol–water partition coefficient (Wildman–Crippen LogP) is 3.32. The first-order valence-corrected chi connectivity index (χ1v) is 8.44. The van der Waals surface area contributed by atoms with Gasteiger partial charge in [0.1, 0.15) is 5.82 Å². The fourth-order valence-corrected chi connectivity index (χ4v) is 3.43. The van der Waals surface area contributed by atoms with E-state index in [1.165, 1.54) is 12.1 Å². The quantitative estimate of drug-likeness (QED) is 0.905. The summed E-state index contributed by atoms with van der Waals surface area (Å²) >= 11 is 0. The lowest BCUT2D eigenvalue weighted by Gasteiger charge is -2.37. The molecule has 0 saturated carbocycles. The van der Waals surface area contributed by atoms with Gasteiger partial charge in [0.05, 0.1) is 11.5 Å². The first-order valence-electron chi connectivity index (χ1n) is 8.44. The maximum atomic E-state index is 13.2. The van der Waals surface area contributed by atoms with Crippen LogP contribution in [0.2, 0.25) is 0 Å². The van der Waals surface area contributed by atoms with Crippen molar-refractivity contribution in [2.75, 3.05) is 13.1 Å². The topological polar surface area (TPSA) is 41.1 Å². The smallest absolute Gasteiger partial charge is 0.231 e. The van der Waals surface area contributed by atoms with Crippen molar-refractivity contribution in [3.05, 3.63) is 71.5 Å². The number of carbonyl (C=O) groups is 1. The van der Waals surface area contributed by atoms with Crippen molar-refractivity contribution in [3.8, 4) is 0 Å². The van der Waals surface area contributed by atoms with Crippen LogP contribution in [0.4, 0.5) is 4.39 Å². The third-order valence-corrected chi connectivity index (χ3v) is 4.94. The van der Waals surface area contributed by atoms with Crippen LogP contribution < -0.4 is 10.6 Å². The largest absolute Gasteiger partial charge is 0.349 e. The van der Waals surface area contributed by atoms with Crippen molar-refractivity contribution in [1.29, 1.82) is 0 Å². The summed E-state index contributed by atoms with van der Waals surface area (Å²) < 4.78 is 13.1. The van der Waals surface area contributed by atoms with Gasteiger partial charge in [0.15, 0.2) is 0 Å². The van der Waals surface area contributed by atoms with Crippen LogP contribution in [0, 0.1) is 5.82 Å². The molecule has 3 rings (SSSR count). The Labute approximate surface area is 142 Å². The molecule has 2 N–H and O–H groups in total. The Morgan fingerprint density at radius 2 is 1.71 bits per heavy atom. The second-order valence-corrected chi connectivity index (χ2v) is 6.44. The average molecular weight is 326 g/mol. The molecule has 1 saturated heterocycles. The van der Waals surface area contributed by atoms with Crippen LogP contribution in [0.1, 0.15) is 36.9 Å². The molecule has 0 aromatic heterocycles. The van der Waals surface area contributed by atoms with Gasteiger partial charge < -0.3 is 10.6 Å². The molecular weight excluding hydrogens is 303 g/mol. The van der Waals surface area contributed by atoms with E-state index in [1.807, 2.05) is 37.3 Å². The number of piperidine rings is 1. The van der Waals surface area contributed by atoms with Crippen LogP contribution >= 0.6 is 0 Å². The van der Waals surface area contributed by atoms with Crippen LogP contribution in [0.3, 0.4) is 0 Å². The maximum absolute atomic E-state index is 13.2. The van der Waals surface area contributed by atoms with Crippen molar-refractivity contribution < 1.29 is 9.18 Å². The Kier molecular flexibility index (Phi) is 4.95. The van der Waals surface area contributed by atoms with Gasteiger partial charge in [-0.25, -0.2) is 4.39 Å². The van der Waals surface area contributed by atoms with Gasteiger partial charge >= 0.3 is 0 Å². The summed E-state index contributed by atoms with van der Waals surface area (Å²) in [5.41, 5.74) is 1.47. The molecule has 3 nitrogen and oxygen atoms in total. The minimum absolute atomic E-state index is 0.0482. The Hall–Kier alpha value is -2.20. The number of hydrogen-bond donors (Lipinski definition) is 2. The Balaban J connectivity index is 1.83. The number of carbonyl (C=O) groups excluding carboxylic acids is 1. The van der Waals surface area contributed by atoms with E-state index in [0.717, 1.165) is 37.1 Å². The minimum Gasteiger partial charge on any atom is -0.349 e. The molecule has 1 heterocycles. The van der Waals surface area contributed by atoms with Crippen LogP contribution in [0.15, 0.2) is 54.6 Å². The van der Waals surface area contributed by atoms with Gasteiger partial charge in [0.25, 0.3) is 0 Å². The highest BCUT2D eigenvalue weighted by molar-refractivity contribution is 5.88. The standard InChI is InChI=1S/C20H23FN2O/c1-15(16-7-9-18(21)10-8-16)23-19(24)20(11-13-22-14-12-20)17-5-3-2-4-6-17/h2-10,15,22H,11-14H2,1H3,(H,23,24)/t15-/m0/s1. The highest BCUT2D eigenvalue weighted by atomic mass is 19.1. The van der Waals surface area contributed by atoms with Crippen molar-refractivity contribution >= 4 is 5.91 Å². The Bertz CT molecular complexity index is 679. The first kappa shape index (κ1) is 16.7. The molecule has 1 amide bonds. The summed E-state index contributed by atoms with van der Waals surface area (Å²) in [5.74, 6) is -0.219. The van der Waals surface area contributed by atoms with Crippen LogP contribution in [-0.4, -0.2) is 19.0 Å². The third kappa shape index (κ3) is 3.34. The van der Waals surface area contributed by atoms with Crippen molar-refractivity contribution in [3.63, 3.8) is 0 Å². The van der Waals surface area contributed by atoms with Crippen molar-refractivity contribution in [2.24, 2.45) is 0 Å². The summed E-state index contributed by atoms with van der Waals surface area (Å²) in [6, 6.07) is 16.1. The Morgan fingerprint density at radius 3 is 2.33 bits per heavy atom. The maximum Gasteiger partial charge on any atom is 0.231 e. The number of hydrogen-bond acceptors (Lipinski definition) is 2. The molecule has 1 fully saturated rings. The zero-order chi connectivity index (χ0) is 17.0. The molecule has 2 aromatic carbocycles. The van der Waals surface area contributed by atoms with Crippen molar-refractivity contribution in [2.45, 2.75) is 31.2 Å². The monoisotopic (exact) mass is 326 g/mol. The molecule has 1 aliphatic heterocycles. The number of rotatable bonds is 4. The first-order chi connectivity index (χ1) is 11.6. The lowest BCUT2D eigenvalue weighted by molar-refractivity contribution is -0.128.